The molecule has 1 aliphatic rings. The SMILES string of the molecule is CC(C)N(CCN)CC1CCOc2ccccc21. The van der Waals surface area contributed by atoms with Crippen LogP contribution in [0.5, 0.6) is 5.75 Å². The fourth-order valence-electron chi connectivity index (χ4n) is 2.61. The van der Waals surface area contributed by atoms with Gasteiger partial charge in [0.25, 0.3) is 0 Å². The first-order valence-corrected chi connectivity index (χ1v) is 6.88. The minimum atomic E-state index is 0.545. The molecule has 0 bridgehead atoms. The third kappa shape index (κ3) is 3.03. The van der Waals surface area contributed by atoms with E-state index in [9.17, 15) is 0 Å². The van der Waals surface area contributed by atoms with Crippen LogP contribution in [0.2, 0.25) is 0 Å². The van der Waals surface area contributed by atoms with Gasteiger partial charge >= 0.3 is 0 Å². The smallest absolute Gasteiger partial charge is 0.122 e. The number of benzene rings is 1. The van der Waals surface area contributed by atoms with Gasteiger partial charge in [0, 0.05) is 31.6 Å². The van der Waals surface area contributed by atoms with Gasteiger partial charge in [-0.05, 0) is 31.9 Å². The number of hydrogen-bond donors (Lipinski definition) is 1. The minimum Gasteiger partial charge on any atom is -0.493 e. The zero-order chi connectivity index (χ0) is 13.0. The summed E-state index contributed by atoms with van der Waals surface area (Å²) in [5.74, 6) is 1.63. The number of para-hydroxylation sites is 1. The molecule has 2 N–H and O–H groups in total. The van der Waals surface area contributed by atoms with Crippen molar-refractivity contribution in [1.82, 2.24) is 4.90 Å². The van der Waals surface area contributed by atoms with Crippen molar-refractivity contribution in [3.63, 3.8) is 0 Å². The molecule has 1 unspecified atom stereocenters. The summed E-state index contributed by atoms with van der Waals surface area (Å²) in [4.78, 5) is 2.47. The van der Waals surface area contributed by atoms with Crippen LogP contribution in [0.1, 0.15) is 31.7 Å². The van der Waals surface area contributed by atoms with Crippen LogP contribution < -0.4 is 10.5 Å². The van der Waals surface area contributed by atoms with Gasteiger partial charge in [-0.25, -0.2) is 0 Å². The normalized spacial score (nSPS) is 18.8. The van der Waals surface area contributed by atoms with Crippen molar-refractivity contribution in [2.75, 3.05) is 26.2 Å². The molecule has 1 atom stereocenters. The summed E-state index contributed by atoms with van der Waals surface area (Å²) in [6.07, 6.45) is 1.10. The molecular weight excluding hydrogens is 224 g/mol. The molecule has 0 radical (unpaired) electrons. The second-order valence-corrected chi connectivity index (χ2v) is 5.25. The lowest BCUT2D eigenvalue weighted by molar-refractivity contribution is 0.185. The Morgan fingerprint density at radius 1 is 1.39 bits per heavy atom. The molecule has 0 fully saturated rings. The number of nitrogens with zero attached hydrogens (tertiary/aromatic N) is 1. The highest BCUT2D eigenvalue weighted by Gasteiger charge is 2.23. The molecular formula is C15H24N2O. The zero-order valence-electron chi connectivity index (χ0n) is 11.4. The highest BCUT2D eigenvalue weighted by Crippen LogP contribution is 2.33. The van der Waals surface area contributed by atoms with E-state index in [2.05, 4.69) is 36.9 Å². The summed E-state index contributed by atoms with van der Waals surface area (Å²) in [6, 6.07) is 8.96. The molecule has 1 aromatic rings. The lowest BCUT2D eigenvalue weighted by Crippen LogP contribution is -2.39. The molecule has 1 aliphatic heterocycles. The molecule has 18 heavy (non-hydrogen) atoms. The van der Waals surface area contributed by atoms with E-state index in [0.29, 0.717) is 12.0 Å². The molecule has 0 saturated carbocycles. The van der Waals surface area contributed by atoms with Gasteiger partial charge in [-0.3, -0.25) is 4.90 Å². The third-order valence-electron chi connectivity index (χ3n) is 3.68. The Hall–Kier alpha value is -1.06. The van der Waals surface area contributed by atoms with E-state index >= 15 is 0 Å². The van der Waals surface area contributed by atoms with Crippen LogP contribution >= 0.6 is 0 Å². The lowest BCUT2D eigenvalue weighted by atomic mass is 9.92. The largest absolute Gasteiger partial charge is 0.493 e. The first-order chi connectivity index (χ1) is 8.72. The van der Waals surface area contributed by atoms with Gasteiger partial charge in [-0.2, -0.15) is 0 Å². The zero-order valence-corrected chi connectivity index (χ0v) is 11.4. The van der Waals surface area contributed by atoms with Gasteiger partial charge in [-0.1, -0.05) is 18.2 Å². The first-order valence-electron chi connectivity index (χ1n) is 6.88. The van der Waals surface area contributed by atoms with E-state index in [1.165, 1.54) is 5.56 Å². The Balaban J connectivity index is 2.10. The second kappa shape index (κ2) is 6.21. The van der Waals surface area contributed by atoms with Gasteiger partial charge in [0.2, 0.25) is 0 Å². The minimum absolute atomic E-state index is 0.545. The Morgan fingerprint density at radius 2 is 2.17 bits per heavy atom. The summed E-state index contributed by atoms with van der Waals surface area (Å²) in [6.45, 7) is 8.08. The van der Waals surface area contributed by atoms with Gasteiger partial charge in [0.1, 0.15) is 5.75 Å². The average molecular weight is 248 g/mol. The molecule has 1 heterocycles. The number of fused-ring (bicyclic) bond motifs is 1. The summed E-state index contributed by atoms with van der Waals surface area (Å²) in [5.41, 5.74) is 7.05. The van der Waals surface area contributed by atoms with E-state index in [0.717, 1.165) is 38.4 Å². The summed E-state index contributed by atoms with van der Waals surface area (Å²) >= 11 is 0. The molecule has 0 saturated heterocycles. The van der Waals surface area contributed by atoms with Crippen LogP contribution in [0.15, 0.2) is 24.3 Å². The average Bonchev–Trinajstić information content (AvgIpc) is 2.38. The predicted molar refractivity (Wildman–Crippen MR) is 75.1 cm³/mol. The Bertz CT molecular complexity index is 379. The maximum atomic E-state index is 5.71. The molecule has 0 aromatic heterocycles. The van der Waals surface area contributed by atoms with Crippen molar-refractivity contribution >= 4 is 0 Å². The fraction of sp³-hybridized carbons (Fsp3) is 0.600. The maximum Gasteiger partial charge on any atom is 0.122 e. The summed E-state index contributed by atoms with van der Waals surface area (Å²) < 4.78 is 5.71. The van der Waals surface area contributed by atoms with Crippen LogP contribution in [-0.2, 0) is 0 Å². The summed E-state index contributed by atoms with van der Waals surface area (Å²) in [7, 11) is 0. The quantitative estimate of drug-likeness (QED) is 0.868. The highest BCUT2D eigenvalue weighted by atomic mass is 16.5. The van der Waals surface area contributed by atoms with Crippen molar-refractivity contribution < 1.29 is 4.74 Å². The Morgan fingerprint density at radius 3 is 2.89 bits per heavy atom. The van der Waals surface area contributed by atoms with Crippen LogP contribution in [0.3, 0.4) is 0 Å². The molecule has 3 nitrogen and oxygen atoms in total. The number of nitrogens with two attached hydrogens (primary N) is 1. The first kappa shape index (κ1) is 13.4. The van der Waals surface area contributed by atoms with Crippen molar-refractivity contribution in [2.24, 2.45) is 5.73 Å². The van der Waals surface area contributed by atoms with E-state index in [1.54, 1.807) is 0 Å². The highest BCUT2D eigenvalue weighted by molar-refractivity contribution is 5.37. The molecule has 1 aromatic carbocycles. The standard InChI is InChI=1S/C15H24N2O/c1-12(2)17(9-8-16)11-13-7-10-18-15-6-4-3-5-14(13)15/h3-6,12-13H,7-11,16H2,1-2H3. The number of rotatable bonds is 5. The molecule has 0 spiro atoms. The van der Waals surface area contributed by atoms with E-state index in [1.807, 2.05) is 6.07 Å². The molecule has 0 amide bonds. The number of hydrogen-bond acceptors (Lipinski definition) is 3. The van der Waals surface area contributed by atoms with Crippen molar-refractivity contribution in [1.29, 1.82) is 0 Å². The monoisotopic (exact) mass is 248 g/mol. The van der Waals surface area contributed by atoms with Gasteiger partial charge < -0.3 is 10.5 Å². The molecule has 3 heteroatoms. The topological polar surface area (TPSA) is 38.5 Å². The van der Waals surface area contributed by atoms with Crippen molar-refractivity contribution in [3.05, 3.63) is 29.8 Å². The molecule has 100 valence electrons. The third-order valence-corrected chi connectivity index (χ3v) is 3.68. The van der Waals surface area contributed by atoms with Crippen LogP contribution in [0.4, 0.5) is 0 Å². The van der Waals surface area contributed by atoms with Crippen LogP contribution in [0, 0.1) is 0 Å². The van der Waals surface area contributed by atoms with Gasteiger partial charge in [0.05, 0.1) is 6.61 Å². The van der Waals surface area contributed by atoms with Crippen molar-refractivity contribution in [3.8, 4) is 5.75 Å². The Kier molecular flexibility index (Phi) is 4.61. The van der Waals surface area contributed by atoms with E-state index in [4.69, 9.17) is 10.5 Å². The lowest BCUT2D eigenvalue weighted by Gasteiger charge is -2.33. The maximum absolute atomic E-state index is 5.71. The van der Waals surface area contributed by atoms with E-state index < -0.39 is 0 Å². The molecule has 0 aliphatic carbocycles. The fourth-order valence-corrected chi connectivity index (χ4v) is 2.61. The number of ether oxygens (including phenoxy) is 1. The van der Waals surface area contributed by atoms with Gasteiger partial charge in [-0.15, -0.1) is 0 Å². The molecule has 2 rings (SSSR count). The van der Waals surface area contributed by atoms with Crippen LogP contribution in [-0.4, -0.2) is 37.2 Å². The van der Waals surface area contributed by atoms with Gasteiger partial charge in [0.15, 0.2) is 0 Å². The second-order valence-electron chi connectivity index (χ2n) is 5.25. The predicted octanol–water partition coefficient (Wildman–Crippen LogP) is 2.22. The van der Waals surface area contributed by atoms with Crippen LogP contribution in [0.25, 0.3) is 0 Å². The van der Waals surface area contributed by atoms with E-state index in [-0.39, 0.29) is 0 Å². The van der Waals surface area contributed by atoms with Crippen molar-refractivity contribution in [2.45, 2.75) is 32.2 Å². The summed E-state index contributed by atoms with van der Waals surface area (Å²) in [5, 5.41) is 0. The Labute approximate surface area is 110 Å².